The second-order valence-electron chi connectivity index (χ2n) is 6.89. The van der Waals surface area contributed by atoms with Crippen LogP contribution in [0.2, 0.25) is 0 Å². The number of nitrogens with zero attached hydrogens (tertiary/aromatic N) is 4. The van der Waals surface area contributed by atoms with Crippen molar-refractivity contribution in [2.75, 3.05) is 11.0 Å². The zero-order valence-electron chi connectivity index (χ0n) is 15.9. The van der Waals surface area contributed by atoms with E-state index in [2.05, 4.69) is 19.8 Å². The summed E-state index contributed by atoms with van der Waals surface area (Å²) in [5.74, 6) is -0.172. The van der Waals surface area contributed by atoms with Gasteiger partial charge in [-0.3, -0.25) is 19.5 Å². The first-order valence-electron chi connectivity index (χ1n) is 8.96. The number of hydrogen-bond acceptors (Lipinski definition) is 6. The van der Waals surface area contributed by atoms with Gasteiger partial charge >= 0.3 is 0 Å². The van der Waals surface area contributed by atoms with Gasteiger partial charge in [-0.15, -0.1) is 0 Å². The molecule has 1 N–H and O–H groups in total. The van der Waals surface area contributed by atoms with Crippen molar-refractivity contribution in [1.29, 1.82) is 0 Å². The second kappa shape index (κ2) is 7.25. The number of anilines is 1. The van der Waals surface area contributed by atoms with Crippen molar-refractivity contribution in [3.63, 3.8) is 0 Å². The lowest BCUT2D eigenvalue weighted by atomic mass is 9.98. The van der Waals surface area contributed by atoms with Crippen molar-refractivity contribution in [2.45, 2.75) is 19.4 Å². The molecular weight excluding hydrogens is 390 g/mol. The molecule has 9 heteroatoms. The molecule has 0 saturated heterocycles. The highest BCUT2D eigenvalue weighted by molar-refractivity contribution is 7.92. The lowest BCUT2D eigenvalue weighted by molar-refractivity contribution is -0.130. The van der Waals surface area contributed by atoms with Crippen LogP contribution in [-0.4, -0.2) is 41.3 Å². The molecular formula is C20H19N5O3S. The summed E-state index contributed by atoms with van der Waals surface area (Å²) in [5, 5.41) is 5.98. The highest BCUT2D eigenvalue weighted by atomic mass is 32.2. The van der Waals surface area contributed by atoms with E-state index in [4.69, 9.17) is 0 Å². The van der Waals surface area contributed by atoms with E-state index in [9.17, 15) is 13.2 Å². The topological polar surface area (TPSA) is 105 Å². The Bertz CT molecular complexity index is 1240. The van der Waals surface area contributed by atoms with Gasteiger partial charge in [0.05, 0.1) is 29.0 Å². The van der Waals surface area contributed by atoms with Crippen molar-refractivity contribution in [1.82, 2.24) is 15.0 Å². The Morgan fingerprint density at radius 1 is 1.10 bits per heavy atom. The number of sulfonamides is 1. The molecule has 3 aromatic rings. The summed E-state index contributed by atoms with van der Waals surface area (Å²) < 4.78 is 25.5. The fourth-order valence-corrected chi connectivity index (χ4v) is 3.95. The number of benzene rings is 2. The van der Waals surface area contributed by atoms with Crippen LogP contribution in [0.1, 0.15) is 30.5 Å². The molecule has 0 fully saturated rings. The Kier molecular flexibility index (Phi) is 4.75. The molecule has 1 aliphatic heterocycles. The van der Waals surface area contributed by atoms with Crippen LogP contribution in [0.25, 0.3) is 11.0 Å². The highest BCUT2D eigenvalue weighted by Crippen LogP contribution is 2.34. The monoisotopic (exact) mass is 409 g/mol. The molecule has 0 saturated carbocycles. The quantitative estimate of drug-likeness (QED) is 0.713. The molecule has 0 aliphatic carbocycles. The third-order valence-corrected chi connectivity index (χ3v) is 5.22. The average molecular weight is 409 g/mol. The van der Waals surface area contributed by atoms with Crippen LogP contribution in [0.3, 0.4) is 0 Å². The van der Waals surface area contributed by atoms with E-state index >= 15 is 0 Å². The molecule has 0 spiro atoms. The third-order valence-electron chi connectivity index (χ3n) is 4.61. The molecule has 0 radical (unpaired) electrons. The zero-order chi connectivity index (χ0) is 20.6. The van der Waals surface area contributed by atoms with E-state index < -0.39 is 10.0 Å². The van der Waals surface area contributed by atoms with Crippen LogP contribution < -0.4 is 4.72 Å². The minimum absolute atomic E-state index is 0.172. The second-order valence-corrected chi connectivity index (χ2v) is 8.64. The van der Waals surface area contributed by atoms with Crippen LogP contribution in [0.15, 0.2) is 60.0 Å². The van der Waals surface area contributed by atoms with Gasteiger partial charge in [0, 0.05) is 31.4 Å². The van der Waals surface area contributed by atoms with E-state index in [0.29, 0.717) is 17.8 Å². The Hall–Kier alpha value is -3.33. The van der Waals surface area contributed by atoms with E-state index in [0.717, 1.165) is 28.4 Å². The van der Waals surface area contributed by atoms with Crippen molar-refractivity contribution < 1.29 is 13.2 Å². The number of hydrogen-bond donors (Lipinski definition) is 1. The summed E-state index contributed by atoms with van der Waals surface area (Å²) in [4.78, 5) is 20.8. The first kappa shape index (κ1) is 19.0. The van der Waals surface area contributed by atoms with Crippen LogP contribution in [0.4, 0.5) is 5.69 Å². The number of carbonyl (C=O) groups is 1. The summed E-state index contributed by atoms with van der Waals surface area (Å²) in [7, 11) is -3.38. The molecule has 2 aromatic carbocycles. The summed E-state index contributed by atoms with van der Waals surface area (Å²) >= 11 is 0. The predicted octanol–water partition coefficient (Wildman–Crippen LogP) is 2.70. The number of amides is 1. The smallest absolute Gasteiger partial charge is 0.240 e. The summed E-state index contributed by atoms with van der Waals surface area (Å²) in [6.45, 7) is 1.47. The first-order chi connectivity index (χ1) is 13.8. The van der Waals surface area contributed by atoms with Gasteiger partial charge in [-0.1, -0.05) is 18.2 Å². The number of fused-ring (bicyclic) bond motifs is 1. The van der Waals surface area contributed by atoms with Crippen molar-refractivity contribution in [3.05, 3.63) is 66.0 Å². The van der Waals surface area contributed by atoms with Crippen molar-refractivity contribution >= 4 is 38.4 Å². The lowest BCUT2D eigenvalue weighted by Gasteiger charge is -2.20. The molecule has 1 atom stereocenters. The molecule has 4 rings (SSSR count). The van der Waals surface area contributed by atoms with Gasteiger partial charge < -0.3 is 0 Å². The van der Waals surface area contributed by atoms with Crippen molar-refractivity contribution in [3.8, 4) is 0 Å². The first-order valence-corrected chi connectivity index (χ1v) is 10.9. The Morgan fingerprint density at radius 3 is 2.59 bits per heavy atom. The maximum absolute atomic E-state index is 12.2. The summed E-state index contributed by atoms with van der Waals surface area (Å²) in [5.41, 5.74) is 4.36. The molecule has 8 nitrogen and oxygen atoms in total. The van der Waals surface area contributed by atoms with Gasteiger partial charge in [0.1, 0.15) is 0 Å². The van der Waals surface area contributed by atoms with Crippen LogP contribution in [-0.2, 0) is 14.8 Å². The normalized spacial score (nSPS) is 16.7. The average Bonchev–Trinajstić information content (AvgIpc) is 3.12. The maximum Gasteiger partial charge on any atom is 0.240 e. The van der Waals surface area contributed by atoms with E-state index in [-0.39, 0.29) is 11.9 Å². The van der Waals surface area contributed by atoms with Gasteiger partial charge in [0.15, 0.2) is 0 Å². The number of carbonyl (C=O) groups excluding carboxylic acids is 1. The SMILES string of the molecule is CC(=O)N1N=C(c2cccc(NS(C)(=O)=O)c2)C[C@@H]1c1ccc2nccnc2c1. The molecule has 1 aromatic heterocycles. The van der Waals surface area contributed by atoms with Crippen LogP contribution in [0, 0.1) is 0 Å². The maximum atomic E-state index is 12.2. The molecule has 148 valence electrons. The minimum atomic E-state index is -3.38. The number of rotatable bonds is 4. The minimum Gasteiger partial charge on any atom is -0.284 e. The standard InChI is InChI=1S/C20H19N5O3S/c1-13(26)25-20(15-6-7-17-19(11-15)22-9-8-21-17)12-18(23-25)14-4-3-5-16(10-14)24-29(2,27)28/h3-11,20,24H,12H2,1-2H3/t20-/m1/s1. The number of nitrogens with one attached hydrogen (secondary N) is 1. The molecule has 0 bridgehead atoms. The highest BCUT2D eigenvalue weighted by Gasteiger charge is 2.31. The largest absolute Gasteiger partial charge is 0.284 e. The van der Waals surface area contributed by atoms with Gasteiger partial charge in [-0.05, 0) is 35.4 Å². The van der Waals surface area contributed by atoms with E-state index in [1.807, 2.05) is 24.3 Å². The van der Waals surface area contributed by atoms with Gasteiger partial charge in [0.25, 0.3) is 0 Å². The summed E-state index contributed by atoms with van der Waals surface area (Å²) in [6.07, 6.45) is 4.88. The molecule has 1 aliphatic rings. The summed E-state index contributed by atoms with van der Waals surface area (Å²) in [6, 6.07) is 12.4. The molecule has 1 amide bonds. The van der Waals surface area contributed by atoms with Crippen LogP contribution >= 0.6 is 0 Å². The molecule has 2 heterocycles. The predicted molar refractivity (Wildman–Crippen MR) is 111 cm³/mol. The Balaban J connectivity index is 1.68. The fraction of sp³-hybridized carbons (Fsp3) is 0.200. The van der Waals surface area contributed by atoms with Gasteiger partial charge in [-0.25, -0.2) is 13.4 Å². The number of hydrazone groups is 1. The fourth-order valence-electron chi connectivity index (χ4n) is 3.40. The Morgan fingerprint density at radius 2 is 1.86 bits per heavy atom. The van der Waals surface area contributed by atoms with E-state index in [1.54, 1.807) is 30.6 Å². The Labute approximate surface area is 168 Å². The number of aromatic nitrogens is 2. The lowest BCUT2D eigenvalue weighted by Crippen LogP contribution is -2.24. The van der Waals surface area contributed by atoms with Gasteiger partial charge in [-0.2, -0.15) is 5.10 Å². The van der Waals surface area contributed by atoms with E-state index in [1.165, 1.54) is 11.9 Å². The van der Waals surface area contributed by atoms with Crippen molar-refractivity contribution in [2.24, 2.45) is 5.10 Å². The van der Waals surface area contributed by atoms with Gasteiger partial charge in [0.2, 0.25) is 15.9 Å². The molecule has 29 heavy (non-hydrogen) atoms. The molecule has 0 unspecified atom stereocenters. The van der Waals surface area contributed by atoms with Crippen LogP contribution in [0.5, 0.6) is 0 Å². The third kappa shape index (κ3) is 4.09. The zero-order valence-corrected chi connectivity index (χ0v) is 16.7.